The first kappa shape index (κ1) is 22.1. The summed E-state index contributed by atoms with van der Waals surface area (Å²) in [6.45, 7) is 5.41. The molecule has 0 unspecified atom stereocenters. The summed E-state index contributed by atoms with van der Waals surface area (Å²) in [6.07, 6.45) is 0. The lowest BCUT2D eigenvalue weighted by atomic mass is 10.1. The summed E-state index contributed by atoms with van der Waals surface area (Å²) in [5.74, 6) is -0.314. The lowest BCUT2D eigenvalue weighted by Gasteiger charge is -2.12. The molecule has 0 fully saturated rings. The van der Waals surface area contributed by atoms with Crippen LogP contribution in [0.3, 0.4) is 0 Å². The Bertz CT molecular complexity index is 914. The third kappa shape index (κ3) is 6.19. The zero-order valence-corrected chi connectivity index (χ0v) is 18.6. The Morgan fingerprint density at radius 3 is 2.32 bits per heavy atom. The van der Waals surface area contributed by atoms with E-state index in [2.05, 4.69) is 32.1 Å². The lowest BCUT2D eigenvalue weighted by Crippen LogP contribution is -2.49. The Morgan fingerprint density at radius 1 is 1.07 bits per heavy atom. The zero-order chi connectivity index (χ0) is 20.8. The lowest BCUT2D eigenvalue weighted by molar-refractivity contribution is -0.123. The maximum atomic E-state index is 12.2. The second kappa shape index (κ2) is 9.86. The molecular formula is C19H19BrClN3O3S. The van der Waals surface area contributed by atoms with E-state index in [-0.39, 0.29) is 11.7 Å². The van der Waals surface area contributed by atoms with Gasteiger partial charge in [-0.3, -0.25) is 25.8 Å². The van der Waals surface area contributed by atoms with Crippen LogP contribution in [0.1, 0.15) is 27.0 Å². The number of benzene rings is 2. The van der Waals surface area contributed by atoms with Gasteiger partial charge in [-0.2, -0.15) is 0 Å². The summed E-state index contributed by atoms with van der Waals surface area (Å²) in [6, 6.07) is 8.69. The molecule has 2 aromatic carbocycles. The maximum Gasteiger partial charge on any atom is 0.276 e. The molecule has 0 bridgehead atoms. The second-order valence-corrected chi connectivity index (χ2v) is 7.72. The molecular weight excluding hydrogens is 466 g/mol. The van der Waals surface area contributed by atoms with Crippen LogP contribution in [-0.4, -0.2) is 23.5 Å². The van der Waals surface area contributed by atoms with Gasteiger partial charge in [0, 0.05) is 15.1 Å². The summed E-state index contributed by atoms with van der Waals surface area (Å²) >= 11 is 14.5. The number of aryl methyl sites for hydroxylation is 3. The fourth-order valence-corrected chi connectivity index (χ4v) is 2.87. The van der Waals surface area contributed by atoms with E-state index in [9.17, 15) is 9.59 Å². The Kier molecular flexibility index (Phi) is 7.79. The third-order valence-corrected chi connectivity index (χ3v) is 5.41. The molecule has 2 rings (SSSR count). The number of hydrogen-bond acceptors (Lipinski definition) is 4. The number of ether oxygens (including phenoxy) is 1. The van der Waals surface area contributed by atoms with Gasteiger partial charge in [-0.1, -0.05) is 33.6 Å². The van der Waals surface area contributed by atoms with Crippen LogP contribution in [0.4, 0.5) is 0 Å². The van der Waals surface area contributed by atoms with Crippen molar-refractivity contribution in [2.75, 3.05) is 6.61 Å². The van der Waals surface area contributed by atoms with Crippen LogP contribution in [0.2, 0.25) is 5.02 Å². The second-order valence-electron chi connectivity index (χ2n) is 6.08. The van der Waals surface area contributed by atoms with Gasteiger partial charge in [0.15, 0.2) is 11.7 Å². The number of amides is 2. The van der Waals surface area contributed by atoms with Crippen LogP contribution < -0.4 is 20.9 Å². The van der Waals surface area contributed by atoms with Crippen molar-refractivity contribution in [2.45, 2.75) is 20.8 Å². The summed E-state index contributed by atoms with van der Waals surface area (Å²) in [4.78, 5) is 24.0. The van der Waals surface area contributed by atoms with E-state index in [4.69, 9.17) is 28.6 Å². The van der Waals surface area contributed by atoms with Crippen LogP contribution in [0, 0.1) is 20.8 Å². The van der Waals surface area contributed by atoms with Crippen LogP contribution in [0.25, 0.3) is 0 Å². The number of carbonyl (C=O) groups excluding carboxylic acids is 2. The number of nitrogens with one attached hydrogen (secondary N) is 3. The van der Waals surface area contributed by atoms with Crippen LogP contribution in [-0.2, 0) is 4.79 Å². The van der Waals surface area contributed by atoms with Gasteiger partial charge >= 0.3 is 0 Å². The largest absolute Gasteiger partial charge is 0.484 e. The molecule has 0 aliphatic rings. The SMILES string of the molecule is Cc1ccc(C(=O)NC(=S)NNC(=O)COc2cc(C)c(Cl)c(C)c2)cc1Br. The topological polar surface area (TPSA) is 79.5 Å². The van der Waals surface area contributed by atoms with Crippen molar-refractivity contribution in [3.8, 4) is 5.75 Å². The number of carbonyl (C=O) groups is 2. The average Bonchev–Trinajstić information content (AvgIpc) is 2.64. The minimum Gasteiger partial charge on any atom is -0.484 e. The summed E-state index contributed by atoms with van der Waals surface area (Å²) in [5.41, 5.74) is 8.00. The highest BCUT2D eigenvalue weighted by atomic mass is 79.9. The summed E-state index contributed by atoms with van der Waals surface area (Å²) in [7, 11) is 0. The first-order valence-corrected chi connectivity index (χ1v) is 9.81. The van der Waals surface area contributed by atoms with Crippen LogP contribution in [0.15, 0.2) is 34.8 Å². The third-order valence-electron chi connectivity index (χ3n) is 3.76. The highest BCUT2D eigenvalue weighted by Gasteiger charge is 2.11. The van der Waals surface area contributed by atoms with Crippen LogP contribution >= 0.6 is 39.7 Å². The van der Waals surface area contributed by atoms with Gasteiger partial charge in [0.25, 0.3) is 11.8 Å². The van der Waals surface area contributed by atoms with Gasteiger partial charge in [0.2, 0.25) is 0 Å². The minimum atomic E-state index is -0.458. The van der Waals surface area contributed by atoms with Crippen LogP contribution in [0.5, 0.6) is 5.75 Å². The van der Waals surface area contributed by atoms with Crippen molar-refractivity contribution < 1.29 is 14.3 Å². The van der Waals surface area contributed by atoms with E-state index >= 15 is 0 Å². The average molecular weight is 485 g/mol. The van der Waals surface area contributed by atoms with Gasteiger partial charge < -0.3 is 4.74 Å². The first-order valence-electron chi connectivity index (χ1n) is 8.23. The number of hydrogen-bond donors (Lipinski definition) is 3. The predicted molar refractivity (Wildman–Crippen MR) is 117 cm³/mol. The van der Waals surface area contributed by atoms with E-state index in [1.165, 1.54) is 0 Å². The summed E-state index contributed by atoms with van der Waals surface area (Å²) in [5, 5.41) is 3.12. The van der Waals surface area contributed by atoms with Crippen molar-refractivity contribution >= 4 is 56.7 Å². The normalized spacial score (nSPS) is 10.2. The first-order chi connectivity index (χ1) is 13.2. The highest BCUT2D eigenvalue weighted by Crippen LogP contribution is 2.25. The number of rotatable bonds is 4. The van der Waals surface area contributed by atoms with Gasteiger partial charge in [0.05, 0.1) is 0 Å². The molecule has 9 heteroatoms. The van der Waals surface area contributed by atoms with Gasteiger partial charge in [-0.05, 0) is 73.9 Å². The Labute approximate surface area is 182 Å². The van der Waals surface area contributed by atoms with E-state index in [0.29, 0.717) is 16.3 Å². The van der Waals surface area contributed by atoms with Crippen molar-refractivity contribution in [1.82, 2.24) is 16.2 Å². The predicted octanol–water partition coefficient (Wildman–Crippen LogP) is 3.74. The van der Waals surface area contributed by atoms with Crippen molar-refractivity contribution in [2.24, 2.45) is 0 Å². The van der Waals surface area contributed by atoms with E-state index in [1.807, 2.05) is 26.8 Å². The fraction of sp³-hybridized carbons (Fsp3) is 0.211. The molecule has 0 aliphatic carbocycles. The van der Waals surface area contributed by atoms with E-state index < -0.39 is 11.8 Å². The molecule has 0 atom stereocenters. The van der Waals surface area contributed by atoms with Crippen molar-refractivity contribution in [3.63, 3.8) is 0 Å². The number of halogens is 2. The van der Waals surface area contributed by atoms with Gasteiger partial charge in [-0.25, -0.2) is 0 Å². The van der Waals surface area contributed by atoms with E-state index in [1.54, 1.807) is 24.3 Å². The molecule has 2 aromatic rings. The van der Waals surface area contributed by atoms with Gasteiger partial charge in [-0.15, -0.1) is 0 Å². The number of thiocarbonyl (C=S) groups is 1. The maximum absolute atomic E-state index is 12.2. The Morgan fingerprint density at radius 2 is 1.71 bits per heavy atom. The molecule has 0 aliphatic heterocycles. The van der Waals surface area contributed by atoms with Crippen molar-refractivity contribution in [1.29, 1.82) is 0 Å². The molecule has 3 N–H and O–H groups in total. The minimum absolute atomic E-state index is 0.0340. The Balaban J connectivity index is 1.79. The molecule has 0 spiro atoms. The standard InChI is InChI=1S/C19H19BrClN3O3S/c1-10-4-5-13(8-15(10)20)18(26)22-19(28)24-23-16(25)9-27-14-6-11(2)17(21)12(3)7-14/h4-8H,9H2,1-3H3,(H,23,25)(H2,22,24,26,28). The van der Waals surface area contributed by atoms with E-state index in [0.717, 1.165) is 21.2 Å². The molecule has 6 nitrogen and oxygen atoms in total. The molecule has 0 saturated heterocycles. The van der Waals surface area contributed by atoms with Crippen molar-refractivity contribution in [3.05, 3.63) is 62.1 Å². The number of hydrazine groups is 1. The summed E-state index contributed by atoms with van der Waals surface area (Å²) < 4.78 is 6.26. The molecule has 2 amide bonds. The van der Waals surface area contributed by atoms with Gasteiger partial charge in [0.1, 0.15) is 5.75 Å². The highest BCUT2D eigenvalue weighted by molar-refractivity contribution is 9.10. The molecule has 28 heavy (non-hydrogen) atoms. The molecule has 0 aromatic heterocycles. The zero-order valence-electron chi connectivity index (χ0n) is 15.5. The quantitative estimate of drug-likeness (QED) is 0.455. The monoisotopic (exact) mass is 483 g/mol. The fourth-order valence-electron chi connectivity index (χ4n) is 2.24. The molecule has 0 saturated carbocycles. The molecule has 0 heterocycles. The Hall–Kier alpha value is -2.16. The smallest absolute Gasteiger partial charge is 0.276 e. The molecule has 148 valence electrons. The molecule has 0 radical (unpaired) electrons.